The van der Waals surface area contributed by atoms with E-state index in [1.54, 1.807) is 12.1 Å². The number of aliphatic carboxylic acids is 1. The normalized spacial score (nSPS) is 17.2. The van der Waals surface area contributed by atoms with Gasteiger partial charge in [-0.05, 0) is 35.2 Å². The third-order valence-corrected chi connectivity index (χ3v) is 4.01. The number of carbonyl (C=O) groups is 1. The van der Waals surface area contributed by atoms with E-state index in [1.807, 2.05) is 18.2 Å². The van der Waals surface area contributed by atoms with Crippen molar-refractivity contribution in [2.24, 2.45) is 0 Å². The van der Waals surface area contributed by atoms with E-state index >= 15 is 0 Å². The van der Waals surface area contributed by atoms with Gasteiger partial charge < -0.3 is 5.11 Å². The van der Waals surface area contributed by atoms with Gasteiger partial charge in [-0.1, -0.05) is 65.0 Å². The molecule has 1 aromatic carbocycles. The van der Waals surface area contributed by atoms with Crippen LogP contribution in [0.1, 0.15) is 40.2 Å². The average Bonchev–Trinajstić information content (AvgIpc) is 2.66. The second-order valence-corrected chi connectivity index (χ2v) is 19.3. The van der Waals surface area contributed by atoms with Gasteiger partial charge in [0.2, 0.25) is 0 Å². The minimum absolute atomic E-state index is 0.112. The van der Waals surface area contributed by atoms with Gasteiger partial charge in [-0.25, -0.2) is 0 Å². The van der Waals surface area contributed by atoms with Crippen LogP contribution in [-0.4, -0.2) is 11.1 Å². The van der Waals surface area contributed by atoms with E-state index in [9.17, 15) is 4.79 Å². The molecule has 5 radical (unpaired) electrons. The first-order chi connectivity index (χ1) is 11.1. The number of benzene rings is 1. The Morgan fingerprint density at radius 1 is 0.833 bits per heavy atom. The summed E-state index contributed by atoms with van der Waals surface area (Å²) in [5.74, 6) is 6.55. The maximum atomic E-state index is 10.2. The summed E-state index contributed by atoms with van der Waals surface area (Å²) in [7, 11) is 15.0. The molecule has 0 saturated heterocycles. The molecule has 0 atom stereocenters. The monoisotopic (exact) mass is 557 g/mol. The molecule has 2 rings (SSSR count). The Bertz CT molecular complexity index is 423. The van der Waals surface area contributed by atoms with Crippen molar-refractivity contribution < 1.29 is 25.1 Å². The van der Waals surface area contributed by atoms with Crippen molar-refractivity contribution in [2.75, 3.05) is 0 Å². The zero-order chi connectivity index (χ0) is 18.9. The van der Waals surface area contributed by atoms with Crippen LogP contribution < -0.4 is 0 Å². The van der Waals surface area contributed by atoms with Crippen molar-refractivity contribution >= 4 is 33.5 Å². The van der Waals surface area contributed by atoms with Crippen LogP contribution in [0.25, 0.3) is 0 Å². The van der Waals surface area contributed by atoms with Gasteiger partial charge in [0.15, 0.2) is 0 Å². The van der Waals surface area contributed by atoms with Crippen LogP contribution in [0.5, 0.6) is 0 Å². The summed E-state index contributed by atoms with van der Waals surface area (Å²) in [6, 6.07) is 9.13. The predicted molar refractivity (Wildman–Crippen MR) is 99.9 cm³/mol. The third-order valence-electron chi connectivity index (χ3n) is 4.01. The van der Waals surface area contributed by atoms with Crippen molar-refractivity contribution in [2.45, 2.75) is 41.0 Å². The fourth-order valence-corrected chi connectivity index (χ4v) is 2.18. The first-order valence-electron chi connectivity index (χ1n) is 7.30. The summed E-state index contributed by atoms with van der Waals surface area (Å²) in [6.07, 6.45) is 0.112. The van der Waals surface area contributed by atoms with Gasteiger partial charge in [-0.3, -0.25) is 4.79 Å². The zero-order valence-electron chi connectivity index (χ0n) is 14.5. The quantitative estimate of drug-likeness (QED) is 0.459. The number of hydrogen-bond donors (Lipinski definition) is 1. The van der Waals surface area contributed by atoms with Gasteiger partial charge in [0, 0.05) is 0 Å². The van der Waals surface area contributed by atoms with Gasteiger partial charge in [-0.15, -0.1) is 0 Å². The molecule has 1 N–H and O–H groups in total. The molecule has 0 aliphatic heterocycles. The molecular formula is C18H23Cl3O2Ta. The molecule has 133 valence electrons. The number of carboxylic acids is 1. The fraction of sp³-hybridized carbons (Fsp3) is 0.333. The van der Waals surface area contributed by atoms with Gasteiger partial charge in [0.1, 0.15) is 0 Å². The summed E-state index contributed by atoms with van der Waals surface area (Å²) in [4.78, 5) is 10.2. The van der Waals surface area contributed by atoms with Gasteiger partial charge in [0.25, 0.3) is 0 Å². The predicted octanol–water partition coefficient (Wildman–Crippen LogP) is 6.35. The molecule has 24 heavy (non-hydrogen) atoms. The molecule has 1 saturated carbocycles. The Labute approximate surface area is 164 Å². The van der Waals surface area contributed by atoms with Crippen molar-refractivity contribution in [3.05, 3.63) is 65.5 Å². The Hall–Kier alpha value is 0.300. The third kappa shape index (κ3) is 9.70. The summed E-state index contributed by atoms with van der Waals surface area (Å²) in [5.41, 5.74) is 0.843. The topological polar surface area (TPSA) is 37.3 Å². The van der Waals surface area contributed by atoms with E-state index in [0.717, 1.165) is 5.56 Å². The Balaban J connectivity index is 0.000000363. The zero-order valence-corrected chi connectivity index (χ0v) is 20.0. The second kappa shape index (κ2) is 12.6. The minimum atomic E-state index is -2.18. The summed E-state index contributed by atoms with van der Waals surface area (Å²) in [6.45, 7) is 11.0. The molecular weight excluding hydrogens is 536 g/mol. The average molecular weight is 559 g/mol. The van der Waals surface area contributed by atoms with Crippen molar-refractivity contribution in [3.8, 4) is 0 Å². The fourth-order valence-electron chi connectivity index (χ4n) is 2.18. The van der Waals surface area contributed by atoms with Gasteiger partial charge in [-0.2, -0.15) is 0 Å². The molecule has 0 heterocycles. The van der Waals surface area contributed by atoms with E-state index < -0.39 is 21.2 Å². The number of halogens is 3. The van der Waals surface area contributed by atoms with Crippen LogP contribution in [-0.2, 0) is 26.4 Å². The maximum absolute atomic E-state index is 10.2. The second-order valence-electron chi connectivity index (χ2n) is 5.37. The van der Waals surface area contributed by atoms with Crippen LogP contribution in [0.4, 0.5) is 0 Å². The first kappa shape index (κ1) is 24.3. The van der Waals surface area contributed by atoms with E-state index in [1.165, 1.54) is 29.6 Å². The Morgan fingerprint density at radius 2 is 1.12 bits per heavy atom. The molecule has 1 aliphatic rings. The molecule has 0 bridgehead atoms. The summed E-state index contributed by atoms with van der Waals surface area (Å²) < 4.78 is 0. The van der Waals surface area contributed by atoms with Crippen molar-refractivity contribution in [1.29, 1.82) is 0 Å². The van der Waals surface area contributed by atoms with Crippen molar-refractivity contribution in [1.82, 2.24) is 0 Å². The van der Waals surface area contributed by atoms with Gasteiger partial charge >= 0.3 is 48.7 Å². The van der Waals surface area contributed by atoms with E-state index in [2.05, 4.69) is 34.6 Å². The van der Waals surface area contributed by atoms with Crippen LogP contribution in [0.15, 0.2) is 30.3 Å². The van der Waals surface area contributed by atoms with E-state index in [-0.39, 0.29) is 6.42 Å². The molecule has 1 fully saturated rings. The SMILES string of the molecule is C[C]1[C](C)[C](C)[C](C)[C]1C.O=C(O)Cc1ccccc1.[Cl][Ta]([Cl])[Cl]. The number of carboxylic acid groups (broad SMARTS) is 1. The van der Waals surface area contributed by atoms with Crippen LogP contribution >= 0.6 is 27.6 Å². The molecule has 6 heteroatoms. The van der Waals surface area contributed by atoms with Crippen LogP contribution in [0, 0.1) is 29.6 Å². The molecule has 0 aromatic heterocycles. The molecule has 2 nitrogen and oxygen atoms in total. The number of rotatable bonds is 2. The van der Waals surface area contributed by atoms with E-state index in [0.29, 0.717) is 0 Å². The van der Waals surface area contributed by atoms with Gasteiger partial charge in [0.05, 0.1) is 6.42 Å². The Kier molecular flexibility index (Phi) is 12.8. The van der Waals surface area contributed by atoms with E-state index in [4.69, 9.17) is 32.7 Å². The van der Waals surface area contributed by atoms with Crippen LogP contribution in [0.3, 0.4) is 0 Å². The summed E-state index contributed by atoms with van der Waals surface area (Å²) in [5, 5.41) is 8.37. The van der Waals surface area contributed by atoms with Crippen LogP contribution in [0.2, 0.25) is 0 Å². The molecule has 1 aromatic rings. The standard InChI is InChI=1S/C10H15.C8H8O2.3ClH.Ta/c1-6-7(2)9(4)10(5)8(6)3;9-8(10)6-7-4-2-1-3-5-7;;;;/h1-5H3;1-5H,6H2,(H,9,10);3*1H;/q;;;;;+3/p-3. The molecule has 0 unspecified atom stereocenters. The first-order valence-corrected chi connectivity index (χ1v) is 19.2. The molecule has 0 amide bonds. The van der Waals surface area contributed by atoms with Crippen molar-refractivity contribution in [3.63, 3.8) is 0 Å². The summed E-state index contributed by atoms with van der Waals surface area (Å²) >= 11 is -2.18. The Morgan fingerprint density at radius 3 is 1.38 bits per heavy atom. The molecule has 0 spiro atoms. The number of hydrogen-bond acceptors (Lipinski definition) is 1. The molecule has 1 aliphatic carbocycles.